The number of allylic oxidation sites excluding steroid dienone is 4. The number of unbranched alkanes of at least 4 members (excludes halogenated alkanes) is 2. The first-order valence-corrected chi connectivity index (χ1v) is 14.8. The second-order valence-corrected chi connectivity index (χ2v) is 11.4. The van der Waals surface area contributed by atoms with E-state index in [2.05, 4.69) is 93.1 Å². The van der Waals surface area contributed by atoms with Gasteiger partial charge in [-0.05, 0) is 74.4 Å². The van der Waals surface area contributed by atoms with Gasteiger partial charge in [-0.15, -0.1) is 0 Å². The first-order valence-electron chi connectivity index (χ1n) is 11.7. The Morgan fingerprint density at radius 2 is 1.14 bits per heavy atom. The SMILES string of the molecule is C.CCC1(CC)CC=CC1.CCCCS.CCCCSSCC1(CC)CC=CC1. The lowest BCUT2D eigenvalue weighted by molar-refractivity contribution is 0.285. The van der Waals surface area contributed by atoms with Crippen molar-refractivity contribution in [3.63, 3.8) is 0 Å². The molecule has 0 aromatic heterocycles. The third kappa shape index (κ3) is 14.3. The van der Waals surface area contributed by atoms with Crippen molar-refractivity contribution in [2.75, 3.05) is 17.3 Å². The normalized spacial score (nSPS) is 17.7. The Labute approximate surface area is 198 Å². The van der Waals surface area contributed by atoms with E-state index in [0.29, 0.717) is 10.8 Å². The number of hydrogen-bond acceptors (Lipinski definition) is 3. The van der Waals surface area contributed by atoms with Crippen molar-refractivity contribution < 1.29 is 0 Å². The Morgan fingerprint density at radius 1 is 0.690 bits per heavy atom. The molecule has 0 aliphatic heterocycles. The van der Waals surface area contributed by atoms with Gasteiger partial charge < -0.3 is 0 Å². The monoisotopic (exact) mass is 460 g/mol. The third-order valence-corrected chi connectivity index (χ3v) is 9.35. The van der Waals surface area contributed by atoms with Crippen LogP contribution in [-0.4, -0.2) is 17.3 Å². The Balaban J connectivity index is 0. The molecule has 0 fully saturated rings. The van der Waals surface area contributed by atoms with Crippen molar-refractivity contribution in [1.29, 1.82) is 0 Å². The zero-order valence-corrected chi connectivity index (χ0v) is 22.0. The van der Waals surface area contributed by atoms with E-state index < -0.39 is 0 Å². The molecule has 0 saturated carbocycles. The Bertz CT molecular complexity index is 377. The molecule has 29 heavy (non-hydrogen) atoms. The van der Waals surface area contributed by atoms with E-state index in [9.17, 15) is 0 Å². The van der Waals surface area contributed by atoms with Crippen molar-refractivity contribution in [2.45, 2.75) is 113 Å². The fraction of sp³-hybridized carbons (Fsp3) is 0.846. The van der Waals surface area contributed by atoms with Crippen LogP contribution in [0, 0.1) is 10.8 Å². The predicted molar refractivity (Wildman–Crippen MR) is 148 cm³/mol. The summed E-state index contributed by atoms with van der Waals surface area (Å²) in [7, 11) is 4.16. The minimum absolute atomic E-state index is 0. The Hall–Kier alpha value is 0.530. The lowest BCUT2D eigenvalue weighted by Gasteiger charge is -2.26. The van der Waals surface area contributed by atoms with Crippen LogP contribution in [0.2, 0.25) is 0 Å². The molecule has 0 bridgehead atoms. The fourth-order valence-corrected chi connectivity index (χ4v) is 6.74. The topological polar surface area (TPSA) is 0 Å². The van der Waals surface area contributed by atoms with Crippen molar-refractivity contribution in [1.82, 2.24) is 0 Å². The molecule has 0 nitrogen and oxygen atoms in total. The van der Waals surface area contributed by atoms with Gasteiger partial charge in [0.1, 0.15) is 0 Å². The van der Waals surface area contributed by atoms with Crippen LogP contribution < -0.4 is 0 Å². The minimum atomic E-state index is 0. The van der Waals surface area contributed by atoms with Gasteiger partial charge in [0.2, 0.25) is 0 Å². The summed E-state index contributed by atoms with van der Waals surface area (Å²) in [6.07, 6.45) is 23.9. The molecule has 2 aliphatic carbocycles. The molecule has 0 amide bonds. The van der Waals surface area contributed by atoms with Crippen LogP contribution in [0.5, 0.6) is 0 Å². The lowest BCUT2D eigenvalue weighted by atomic mass is 9.80. The quantitative estimate of drug-likeness (QED) is 0.141. The summed E-state index contributed by atoms with van der Waals surface area (Å²) in [5, 5.41) is 0. The zero-order chi connectivity index (χ0) is 21.1. The summed E-state index contributed by atoms with van der Waals surface area (Å²) in [4.78, 5) is 0. The van der Waals surface area contributed by atoms with E-state index in [1.165, 1.54) is 82.1 Å². The molecule has 0 atom stereocenters. The van der Waals surface area contributed by atoms with Crippen molar-refractivity contribution in [2.24, 2.45) is 10.8 Å². The average molecular weight is 461 g/mol. The Kier molecular flexibility index (Phi) is 22.3. The number of thiol groups is 1. The highest BCUT2D eigenvalue weighted by Crippen LogP contribution is 2.42. The highest BCUT2D eigenvalue weighted by molar-refractivity contribution is 8.76. The molecular weight excluding hydrogens is 408 g/mol. The smallest absolute Gasteiger partial charge is 0.00994 e. The first kappa shape index (κ1) is 31.7. The van der Waals surface area contributed by atoms with Crippen LogP contribution in [-0.2, 0) is 0 Å². The van der Waals surface area contributed by atoms with Gasteiger partial charge in [0, 0.05) is 11.5 Å². The maximum absolute atomic E-state index is 4.00. The molecule has 0 heterocycles. The maximum atomic E-state index is 4.00. The van der Waals surface area contributed by atoms with Crippen LogP contribution in [0.3, 0.4) is 0 Å². The van der Waals surface area contributed by atoms with Gasteiger partial charge in [-0.1, -0.05) is 101 Å². The van der Waals surface area contributed by atoms with E-state index in [4.69, 9.17) is 0 Å². The Morgan fingerprint density at radius 3 is 1.45 bits per heavy atom. The fourth-order valence-electron chi connectivity index (χ4n) is 3.42. The summed E-state index contributed by atoms with van der Waals surface area (Å²) in [5.41, 5.74) is 1.28. The van der Waals surface area contributed by atoms with Gasteiger partial charge in [0.15, 0.2) is 0 Å². The van der Waals surface area contributed by atoms with Crippen LogP contribution >= 0.6 is 34.2 Å². The molecule has 0 N–H and O–H groups in total. The van der Waals surface area contributed by atoms with E-state index >= 15 is 0 Å². The van der Waals surface area contributed by atoms with E-state index in [1.807, 2.05) is 0 Å². The van der Waals surface area contributed by atoms with Gasteiger partial charge in [-0.2, -0.15) is 12.6 Å². The van der Waals surface area contributed by atoms with Crippen LogP contribution in [0.4, 0.5) is 0 Å². The van der Waals surface area contributed by atoms with Gasteiger partial charge in [-0.3, -0.25) is 0 Å². The molecule has 0 aromatic carbocycles. The molecule has 174 valence electrons. The maximum Gasteiger partial charge on any atom is 0.00994 e. The minimum Gasteiger partial charge on any atom is -0.179 e. The van der Waals surface area contributed by atoms with Crippen LogP contribution in [0.25, 0.3) is 0 Å². The number of hydrogen-bond donors (Lipinski definition) is 1. The van der Waals surface area contributed by atoms with E-state index in [0.717, 1.165) is 5.75 Å². The first-order chi connectivity index (χ1) is 13.6. The van der Waals surface area contributed by atoms with Gasteiger partial charge in [0.05, 0.1) is 0 Å². The van der Waals surface area contributed by atoms with Crippen LogP contribution in [0.1, 0.15) is 113 Å². The van der Waals surface area contributed by atoms with Gasteiger partial charge in [-0.25, -0.2) is 0 Å². The van der Waals surface area contributed by atoms with Crippen molar-refractivity contribution in [3.8, 4) is 0 Å². The molecule has 0 unspecified atom stereocenters. The molecule has 0 aromatic rings. The summed E-state index contributed by atoms with van der Waals surface area (Å²) < 4.78 is 0. The zero-order valence-electron chi connectivity index (χ0n) is 19.5. The molecular formula is C26H52S3. The third-order valence-electron chi connectivity index (χ3n) is 6.33. The molecule has 0 spiro atoms. The van der Waals surface area contributed by atoms with Crippen LogP contribution in [0.15, 0.2) is 24.3 Å². The molecule has 2 rings (SSSR count). The second-order valence-electron chi connectivity index (χ2n) is 8.33. The lowest BCUT2D eigenvalue weighted by Crippen LogP contribution is -2.18. The standard InChI is InChI=1S/C12H22S2.C9H16.C4H10S.CH4/c1-3-5-10-13-14-11-12(4-2)8-6-7-9-12;1-3-9(4-2)7-5-6-8-9;1-2-3-4-5;/h6-7H,3-5,8-11H2,1-2H3;5-6H,3-4,7-8H2,1-2H3;5H,2-4H2,1H3;1H4. The molecule has 0 radical (unpaired) electrons. The highest BCUT2D eigenvalue weighted by atomic mass is 33.1. The van der Waals surface area contributed by atoms with Gasteiger partial charge >= 0.3 is 0 Å². The average Bonchev–Trinajstić information content (AvgIpc) is 3.40. The summed E-state index contributed by atoms with van der Waals surface area (Å²) in [6.45, 7) is 11.4. The van der Waals surface area contributed by atoms with Crippen molar-refractivity contribution in [3.05, 3.63) is 24.3 Å². The molecule has 2 aliphatic rings. The van der Waals surface area contributed by atoms with E-state index in [1.54, 1.807) is 0 Å². The summed E-state index contributed by atoms with van der Waals surface area (Å²) >= 11 is 4.00. The summed E-state index contributed by atoms with van der Waals surface area (Å²) in [6, 6.07) is 0. The molecule has 3 heteroatoms. The molecule has 0 saturated heterocycles. The second kappa shape index (κ2) is 20.4. The highest BCUT2D eigenvalue weighted by Gasteiger charge is 2.28. The number of rotatable bonds is 11. The summed E-state index contributed by atoms with van der Waals surface area (Å²) in [5.74, 6) is 3.70. The van der Waals surface area contributed by atoms with Crippen molar-refractivity contribution >= 4 is 34.2 Å². The predicted octanol–water partition coefficient (Wildman–Crippen LogP) is 10.4. The van der Waals surface area contributed by atoms with Gasteiger partial charge in [0.25, 0.3) is 0 Å². The van der Waals surface area contributed by atoms with E-state index in [-0.39, 0.29) is 7.43 Å². The largest absolute Gasteiger partial charge is 0.179 e.